The average molecular weight is 393 g/mol. The van der Waals surface area contributed by atoms with E-state index in [0.29, 0.717) is 5.02 Å². The van der Waals surface area contributed by atoms with Gasteiger partial charge < -0.3 is 10.1 Å². The molecular formula is C19H18Cl2N2O3. The predicted molar refractivity (Wildman–Crippen MR) is 100 cm³/mol. The normalized spacial score (nSPS) is 15.5. The number of anilines is 1. The van der Waals surface area contributed by atoms with Crippen molar-refractivity contribution in [2.24, 2.45) is 0 Å². The first-order chi connectivity index (χ1) is 12.5. The van der Waals surface area contributed by atoms with Crippen molar-refractivity contribution in [2.45, 2.75) is 31.1 Å². The summed E-state index contributed by atoms with van der Waals surface area (Å²) in [7, 11) is 0. The third kappa shape index (κ3) is 4.00. The van der Waals surface area contributed by atoms with Gasteiger partial charge in [0.2, 0.25) is 0 Å². The molecule has 0 unspecified atom stereocenters. The number of halogens is 2. The van der Waals surface area contributed by atoms with Crippen LogP contribution in [0, 0.1) is 0 Å². The van der Waals surface area contributed by atoms with E-state index in [1.807, 2.05) is 30.3 Å². The van der Waals surface area contributed by atoms with Crippen LogP contribution in [0.2, 0.25) is 10.0 Å². The molecule has 26 heavy (non-hydrogen) atoms. The van der Waals surface area contributed by atoms with E-state index in [4.69, 9.17) is 27.9 Å². The monoisotopic (exact) mass is 392 g/mol. The Morgan fingerprint density at radius 1 is 1.15 bits per heavy atom. The fourth-order valence-electron chi connectivity index (χ4n) is 3.29. The molecule has 0 saturated heterocycles. The number of nitrogens with one attached hydrogen (secondary N) is 1. The molecule has 2 aromatic rings. The minimum absolute atomic E-state index is 0.177. The van der Waals surface area contributed by atoms with Gasteiger partial charge in [0.05, 0.1) is 15.5 Å². The summed E-state index contributed by atoms with van der Waals surface area (Å²) in [6, 6.07) is 11.1. The van der Waals surface area contributed by atoms with Gasteiger partial charge in [0.1, 0.15) is 0 Å². The summed E-state index contributed by atoms with van der Waals surface area (Å²) < 4.78 is 5.33. The van der Waals surface area contributed by atoms with Crippen LogP contribution < -0.4 is 5.32 Å². The van der Waals surface area contributed by atoms with Crippen LogP contribution in [-0.2, 0) is 19.7 Å². The molecule has 136 valence electrons. The van der Waals surface area contributed by atoms with Crippen LogP contribution in [0.15, 0.2) is 42.6 Å². The number of benzene rings is 1. The molecule has 1 aromatic heterocycles. The molecule has 1 fully saturated rings. The fraction of sp³-hybridized carbons (Fsp3) is 0.316. The van der Waals surface area contributed by atoms with Gasteiger partial charge in [0, 0.05) is 6.20 Å². The van der Waals surface area contributed by atoms with Crippen LogP contribution in [0.4, 0.5) is 5.82 Å². The second kappa shape index (κ2) is 8.06. The second-order valence-electron chi connectivity index (χ2n) is 6.26. The van der Waals surface area contributed by atoms with Crippen LogP contribution in [0.1, 0.15) is 31.2 Å². The van der Waals surface area contributed by atoms with E-state index in [-0.39, 0.29) is 16.8 Å². The maximum absolute atomic E-state index is 12.8. The molecule has 7 heteroatoms. The lowest BCUT2D eigenvalue weighted by Crippen LogP contribution is -2.36. The summed E-state index contributed by atoms with van der Waals surface area (Å²) in [5.41, 5.74) is 0.267. The lowest BCUT2D eigenvalue weighted by molar-refractivity contribution is -0.153. The summed E-state index contributed by atoms with van der Waals surface area (Å²) in [6.07, 6.45) is 4.74. The zero-order valence-corrected chi connectivity index (χ0v) is 15.5. The Hall–Kier alpha value is -2.11. The van der Waals surface area contributed by atoms with Crippen molar-refractivity contribution in [3.05, 3.63) is 58.2 Å². The van der Waals surface area contributed by atoms with E-state index in [9.17, 15) is 9.59 Å². The van der Waals surface area contributed by atoms with Gasteiger partial charge in [-0.2, -0.15) is 0 Å². The molecule has 3 rings (SSSR count). The van der Waals surface area contributed by atoms with Crippen molar-refractivity contribution in [2.75, 3.05) is 11.9 Å². The number of carbonyl (C=O) groups is 2. The van der Waals surface area contributed by atoms with Crippen LogP contribution in [0.5, 0.6) is 0 Å². The molecule has 0 aliphatic heterocycles. The minimum atomic E-state index is -0.669. The van der Waals surface area contributed by atoms with Crippen molar-refractivity contribution in [1.29, 1.82) is 0 Å². The van der Waals surface area contributed by atoms with Gasteiger partial charge in [-0.3, -0.25) is 9.59 Å². The maximum Gasteiger partial charge on any atom is 0.317 e. The fourth-order valence-corrected chi connectivity index (χ4v) is 3.72. The van der Waals surface area contributed by atoms with Crippen molar-refractivity contribution >= 4 is 40.9 Å². The van der Waals surface area contributed by atoms with E-state index in [1.165, 1.54) is 12.3 Å². The topological polar surface area (TPSA) is 68.3 Å². The first-order valence-corrected chi connectivity index (χ1v) is 9.10. The third-order valence-corrected chi connectivity index (χ3v) is 5.07. The zero-order chi connectivity index (χ0) is 18.6. The number of esters is 1. The molecule has 1 aliphatic rings. The van der Waals surface area contributed by atoms with Gasteiger partial charge in [-0.05, 0) is 24.5 Å². The highest BCUT2D eigenvalue weighted by atomic mass is 35.5. The van der Waals surface area contributed by atoms with E-state index in [2.05, 4.69) is 10.3 Å². The molecule has 5 nitrogen and oxygen atoms in total. The molecule has 0 bridgehead atoms. The lowest BCUT2D eigenvalue weighted by Gasteiger charge is -2.27. The molecule has 0 radical (unpaired) electrons. The maximum atomic E-state index is 12.8. The Morgan fingerprint density at radius 3 is 2.50 bits per heavy atom. The molecular weight excluding hydrogens is 375 g/mol. The number of nitrogens with zero attached hydrogens (tertiary/aromatic N) is 1. The molecule has 0 spiro atoms. The smallest absolute Gasteiger partial charge is 0.317 e. The molecule has 1 N–H and O–H groups in total. The number of hydrogen-bond donors (Lipinski definition) is 1. The van der Waals surface area contributed by atoms with Gasteiger partial charge in [0.15, 0.2) is 12.4 Å². The number of carbonyl (C=O) groups excluding carboxylic acids is 2. The summed E-state index contributed by atoms with van der Waals surface area (Å²) in [4.78, 5) is 28.8. The van der Waals surface area contributed by atoms with Gasteiger partial charge >= 0.3 is 5.97 Å². The Bertz CT molecular complexity index is 806. The van der Waals surface area contributed by atoms with Crippen molar-refractivity contribution < 1.29 is 14.3 Å². The van der Waals surface area contributed by atoms with Crippen LogP contribution >= 0.6 is 23.2 Å². The first-order valence-electron chi connectivity index (χ1n) is 8.35. The predicted octanol–water partition coefficient (Wildman–Crippen LogP) is 4.38. The highest BCUT2D eigenvalue weighted by Gasteiger charge is 2.44. The number of amides is 1. The van der Waals surface area contributed by atoms with Gasteiger partial charge in [0.25, 0.3) is 5.91 Å². The SMILES string of the molecule is O=C(COC(=O)C1(c2ccccc2)CCCC1)Nc1ncc(Cl)cc1Cl. The number of hydrogen-bond acceptors (Lipinski definition) is 4. The summed E-state index contributed by atoms with van der Waals surface area (Å²) >= 11 is 11.7. The molecule has 1 aliphatic carbocycles. The Balaban J connectivity index is 1.64. The van der Waals surface area contributed by atoms with Gasteiger partial charge in [-0.25, -0.2) is 4.98 Å². The Labute approximate surface area is 161 Å². The molecule has 1 heterocycles. The molecule has 0 atom stereocenters. The first kappa shape index (κ1) is 18.7. The molecule has 1 aromatic carbocycles. The highest BCUT2D eigenvalue weighted by molar-refractivity contribution is 6.36. The van der Waals surface area contributed by atoms with Crippen LogP contribution in [0.25, 0.3) is 0 Å². The average Bonchev–Trinajstić information content (AvgIpc) is 3.14. The Kier molecular flexibility index (Phi) is 5.79. The van der Waals surface area contributed by atoms with Crippen LogP contribution in [0.3, 0.4) is 0 Å². The van der Waals surface area contributed by atoms with Gasteiger partial charge in [-0.1, -0.05) is 66.4 Å². The number of aromatic nitrogens is 1. The largest absolute Gasteiger partial charge is 0.455 e. The van der Waals surface area contributed by atoms with Crippen molar-refractivity contribution in [1.82, 2.24) is 4.98 Å². The lowest BCUT2D eigenvalue weighted by atomic mass is 9.79. The van der Waals surface area contributed by atoms with E-state index in [1.54, 1.807) is 0 Å². The third-order valence-electron chi connectivity index (χ3n) is 4.57. The molecule has 1 amide bonds. The second-order valence-corrected chi connectivity index (χ2v) is 7.11. The van der Waals surface area contributed by atoms with E-state index < -0.39 is 17.9 Å². The van der Waals surface area contributed by atoms with E-state index >= 15 is 0 Å². The zero-order valence-electron chi connectivity index (χ0n) is 14.0. The Morgan fingerprint density at radius 2 is 1.85 bits per heavy atom. The number of rotatable bonds is 5. The van der Waals surface area contributed by atoms with Crippen LogP contribution in [-0.4, -0.2) is 23.5 Å². The summed E-state index contributed by atoms with van der Waals surface area (Å²) in [5, 5.41) is 3.10. The van der Waals surface area contributed by atoms with Crippen molar-refractivity contribution in [3.63, 3.8) is 0 Å². The quantitative estimate of drug-likeness (QED) is 0.766. The highest BCUT2D eigenvalue weighted by Crippen LogP contribution is 2.42. The number of ether oxygens (including phenoxy) is 1. The van der Waals surface area contributed by atoms with E-state index in [0.717, 1.165) is 31.2 Å². The number of pyridine rings is 1. The standard InChI is InChI=1S/C19H18Cl2N2O3/c20-14-10-15(21)17(22-11-14)23-16(24)12-26-18(25)19(8-4-5-9-19)13-6-2-1-3-7-13/h1-3,6-7,10-11H,4-5,8-9,12H2,(H,22,23,24). The van der Waals surface area contributed by atoms with Crippen molar-refractivity contribution in [3.8, 4) is 0 Å². The summed E-state index contributed by atoms with van der Waals surface area (Å²) in [6.45, 7) is -0.395. The molecule has 1 saturated carbocycles. The summed E-state index contributed by atoms with van der Waals surface area (Å²) in [5.74, 6) is -0.696. The van der Waals surface area contributed by atoms with Gasteiger partial charge in [-0.15, -0.1) is 0 Å². The minimum Gasteiger partial charge on any atom is -0.455 e.